The summed E-state index contributed by atoms with van der Waals surface area (Å²) in [5, 5.41) is 3.25. The second-order valence-corrected chi connectivity index (χ2v) is 7.53. The molecule has 0 aliphatic rings. The number of esters is 1. The lowest BCUT2D eigenvalue weighted by Gasteiger charge is -2.23. The molecule has 3 atom stereocenters. The lowest BCUT2D eigenvalue weighted by Crippen LogP contribution is -2.23. The van der Waals surface area contributed by atoms with Crippen molar-refractivity contribution in [2.24, 2.45) is 23.5 Å². The average Bonchev–Trinajstić information content (AvgIpc) is 2.55. The van der Waals surface area contributed by atoms with Crippen LogP contribution in [-0.2, 0) is 4.79 Å². The molecule has 0 saturated carbocycles. The second kappa shape index (κ2) is 11.3. The van der Waals surface area contributed by atoms with Gasteiger partial charge in [-0.2, -0.15) is 0 Å². The molecule has 1 rings (SSSR count). The first kappa shape index (κ1) is 21.7. The highest BCUT2D eigenvalue weighted by Gasteiger charge is 2.19. The van der Waals surface area contributed by atoms with E-state index >= 15 is 0 Å². The number of carbonyl (C=O) groups is 1. The van der Waals surface area contributed by atoms with Gasteiger partial charge < -0.3 is 15.8 Å². The summed E-state index contributed by atoms with van der Waals surface area (Å²) in [6.07, 6.45) is 2.39. The fraction of sp³-hybridized carbons (Fsp3) is 0.667. The molecular weight excluding hydrogens is 312 g/mol. The van der Waals surface area contributed by atoms with Crippen molar-refractivity contribution in [3.05, 3.63) is 29.8 Å². The number of nitrogens with one attached hydrogen (secondary N) is 1. The van der Waals surface area contributed by atoms with Crippen LogP contribution in [0.2, 0.25) is 0 Å². The molecular formula is C21H36N2O2. The number of benzene rings is 1. The van der Waals surface area contributed by atoms with Crippen LogP contribution in [-0.4, -0.2) is 26.1 Å². The van der Waals surface area contributed by atoms with E-state index in [1.807, 2.05) is 25.2 Å². The van der Waals surface area contributed by atoms with Gasteiger partial charge in [0.05, 0.1) is 0 Å². The van der Waals surface area contributed by atoms with Crippen LogP contribution in [0.5, 0.6) is 5.75 Å². The fourth-order valence-electron chi connectivity index (χ4n) is 3.58. The molecule has 0 aliphatic carbocycles. The first-order valence-electron chi connectivity index (χ1n) is 9.56. The first-order valence-corrected chi connectivity index (χ1v) is 9.56. The Hall–Kier alpha value is -1.39. The molecule has 3 N–H and O–H groups in total. The number of rotatable bonds is 11. The monoisotopic (exact) mass is 348 g/mol. The molecule has 0 bridgehead atoms. The number of carbonyl (C=O) groups excluding carboxylic acids is 1. The molecule has 4 heteroatoms. The fourth-order valence-corrected chi connectivity index (χ4v) is 3.58. The Morgan fingerprint density at radius 2 is 2.00 bits per heavy atom. The lowest BCUT2D eigenvalue weighted by molar-refractivity contribution is -0.135. The number of nitrogens with two attached hydrogens (primary N) is 1. The maximum absolute atomic E-state index is 12.3. The van der Waals surface area contributed by atoms with E-state index in [1.54, 1.807) is 0 Å². The van der Waals surface area contributed by atoms with E-state index in [0.717, 1.165) is 19.4 Å². The highest BCUT2D eigenvalue weighted by atomic mass is 16.5. The van der Waals surface area contributed by atoms with Crippen molar-refractivity contribution in [3.8, 4) is 5.75 Å². The van der Waals surface area contributed by atoms with Crippen LogP contribution < -0.4 is 15.8 Å². The topological polar surface area (TPSA) is 64.3 Å². The van der Waals surface area contributed by atoms with Gasteiger partial charge in [0, 0.05) is 6.42 Å². The minimum absolute atomic E-state index is 0.190. The highest BCUT2D eigenvalue weighted by Crippen LogP contribution is 2.30. The molecule has 1 aromatic rings. The van der Waals surface area contributed by atoms with Gasteiger partial charge in [0.15, 0.2) is 0 Å². The van der Waals surface area contributed by atoms with Crippen molar-refractivity contribution in [2.45, 2.75) is 52.9 Å². The lowest BCUT2D eigenvalue weighted by atomic mass is 9.85. The van der Waals surface area contributed by atoms with Gasteiger partial charge in [0.1, 0.15) is 5.75 Å². The number of ether oxygens (including phenoxy) is 1. The van der Waals surface area contributed by atoms with E-state index in [9.17, 15) is 4.79 Å². The molecule has 142 valence electrons. The largest absolute Gasteiger partial charge is 0.427 e. The normalized spacial score (nSPS) is 15.0. The van der Waals surface area contributed by atoms with Crippen LogP contribution in [0.4, 0.5) is 0 Å². The molecule has 0 saturated heterocycles. The summed E-state index contributed by atoms with van der Waals surface area (Å²) in [4.78, 5) is 12.3. The zero-order valence-electron chi connectivity index (χ0n) is 16.5. The third-order valence-corrected chi connectivity index (χ3v) is 4.76. The molecule has 0 aromatic heterocycles. The van der Waals surface area contributed by atoms with Crippen LogP contribution in [0.15, 0.2) is 24.3 Å². The number of hydrogen-bond acceptors (Lipinski definition) is 4. The van der Waals surface area contributed by atoms with Crippen molar-refractivity contribution in [1.29, 1.82) is 0 Å². The summed E-state index contributed by atoms with van der Waals surface area (Å²) in [5.41, 5.74) is 7.02. The van der Waals surface area contributed by atoms with Crippen LogP contribution in [0, 0.1) is 17.8 Å². The van der Waals surface area contributed by atoms with E-state index in [2.05, 4.69) is 39.1 Å². The van der Waals surface area contributed by atoms with Gasteiger partial charge in [-0.05, 0) is 74.3 Å². The van der Waals surface area contributed by atoms with Gasteiger partial charge in [0.25, 0.3) is 0 Å². The second-order valence-electron chi connectivity index (χ2n) is 7.53. The molecule has 0 aliphatic heterocycles. The van der Waals surface area contributed by atoms with Crippen LogP contribution in [0.25, 0.3) is 0 Å². The average molecular weight is 349 g/mol. The Labute approximate surface area is 153 Å². The van der Waals surface area contributed by atoms with Gasteiger partial charge in [-0.25, -0.2) is 0 Å². The van der Waals surface area contributed by atoms with Crippen LogP contribution in [0.1, 0.15) is 58.4 Å². The van der Waals surface area contributed by atoms with Gasteiger partial charge in [-0.15, -0.1) is 0 Å². The summed E-state index contributed by atoms with van der Waals surface area (Å²) in [7, 11) is 1.98. The minimum Gasteiger partial charge on any atom is -0.427 e. The summed E-state index contributed by atoms with van der Waals surface area (Å²) in [6.45, 7) is 10.2. The van der Waals surface area contributed by atoms with E-state index in [1.165, 1.54) is 5.56 Å². The van der Waals surface area contributed by atoms with Crippen molar-refractivity contribution >= 4 is 5.97 Å². The molecule has 3 unspecified atom stereocenters. The Balaban J connectivity index is 2.75. The quantitative estimate of drug-likeness (QED) is 0.469. The zero-order valence-corrected chi connectivity index (χ0v) is 16.5. The molecule has 4 nitrogen and oxygen atoms in total. The molecule has 0 heterocycles. The summed E-state index contributed by atoms with van der Waals surface area (Å²) >= 11 is 0. The Bertz CT molecular complexity index is 516. The summed E-state index contributed by atoms with van der Waals surface area (Å²) in [5.74, 6) is 2.14. The van der Waals surface area contributed by atoms with Gasteiger partial charge in [-0.3, -0.25) is 4.79 Å². The van der Waals surface area contributed by atoms with Gasteiger partial charge in [-0.1, -0.05) is 39.8 Å². The van der Waals surface area contributed by atoms with Crippen molar-refractivity contribution < 1.29 is 9.53 Å². The van der Waals surface area contributed by atoms with Crippen molar-refractivity contribution in [3.63, 3.8) is 0 Å². The molecule has 0 radical (unpaired) electrons. The van der Waals surface area contributed by atoms with Crippen molar-refractivity contribution in [1.82, 2.24) is 5.32 Å². The molecule has 0 fully saturated rings. The van der Waals surface area contributed by atoms with Crippen LogP contribution >= 0.6 is 0 Å². The Morgan fingerprint density at radius 1 is 1.28 bits per heavy atom. The molecule has 1 aromatic carbocycles. The molecule has 0 amide bonds. The predicted octanol–water partition coefficient (Wildman–Crippen LogP) is 3.95. The third kappa shape index (κ3) is 7.57. The van der Waals surface area contributed by atoms with Crippen LogP contribution in [0.3, 0.4) is 0 Å². The van der Waals surface area contributed by atoms with E-state index in [4.69, 9.17) is 10.5 Å². The smallest absolute Gasteiger partial charge is 0.311 e. The van der Waals surface area contributed by atoms with E-state index in [0.29, 0.717) is 36.5 Å². The van der Waals surface area contributed by atoms with Gasteiger partial charge >= 0.3 is 5.97 Å². The molecule has 25 heavy (non-hydrogen) atoms. The maximum Gasteiger partial charge on any atom is 0.311 e. The van der Waals surface area contributed by atoms with Gasteiger partial charge in [0.2, 0.25) is 0 Å². The Morgan fingerprint density at radius 3 is 2.56 bits per heavy atom. The minimum atomic E-state index is -0.190. The first-order chi connectivity index (χ1) is 11.9. The predicted molar refractivity (Wildman–Crippen MR) is 105 cm³/mol. The SMILES string of the molecule is CCC(c1cccc(OC(=O)CC(CN)CC(C)C)c1)C(C)CNC. The zero-order chi connectivity index (χ0) is 18.8. The van der Waals surface area contributed by atoms with E-state index in [-0.39, 0.29) is 11.9 Å². The Kier molecular flexibility index (Phi) is 9.76. The summed E-state index contributed by atoms with van der Waals surface area (Å²) in [6, 6.07) is 7.97. The third-order valence-electron chi connectivity index (χ3n) is 4.76. The summed E-state index contributed by atoms with van der Waals surface area (Å²) < 4.78 is 5.59. The van der Waals surface area contributed by atoms with E-state index < -0.39 is 0 Å². The standard InChI is InChI=1S/C21H36N2O2/c1-6-20(16(4)14-23-5)18-8-7-9-19(12-18)25-21(24)11-17(13-22)10-15(2)3/h7-9,12,15-17,20,23H,6,10-11,13-14,22H2,1-5H3. The highest BCUT2D eigenvalue weighted by molar-refractivity contribution is 5.72. The number of hydrogen-bond donors (Lipinski definition) is 2. The maximum atomic E-state index is 12.3. The molecule has 0 spiro atoms. The van der Waals surface area contributed by atoms with Crippen molar-refractivity contribution in [2.75, 3.05) is 20.1 Å².